The van der Waals surface area contributed by atoms with Gasteiger partial charge in [0.15, 0.2) is 0 Å². The Balaban J connectivity index is 1.73. The van der Waals surface area contributed by atoms with Crippen molar-refractivity contribution in [1.82, 2.24) is 36.5 Å². The Morgan fingerprint density at radius 1 is 1.00 bits per heavy atom. The van der Waals surface area contributed by atoms with Gasteiger partial charge in [0.1, 0.15) is 41.6 Å². The van der Waals surface area contributed by atoms with Gasteiger partial charge in [-0.15, -0.1) is 11.3 Å². The zero-order valence-corrected chi connectivity index (χ0v) is 36.0. The molecular weight excluding hydrogens is 745 g/mol. The van der Waals surface area contributed by atoms with Gasteiger partial charge in [0.25, 0.3) is 0 Å². The maximum Gasteiger partial charge on any atom is 0.244 e. The molecule has 1 aromatic heterocycles. The molecule has 1 fully saturated rings. The van der Waals surface area contributed by atoms with E-state index in [4.69, 9.17) is 4.99 Å². The summed E-state index contributed by atoms with van der Waals surface area (Å²) in [4.78, 5) is 81.2. The fourth-order valence-corrected chi connectivity index (χ4v) is 7.97. The molecule has 14 nitrogen and oxygen atoms in total. The van der Waals surface area contributed by atoms with Crippen LogP contribution < -0.4 is 26.6 Å². The number of aliphatic hydroxyl groups excluding tert-OH is 1. The van der Waals surface area contributed by atoms with Gasteiger partial charge in [0, 0.05) is 31.0 Å². The van der Waals surface area contributed by atoms with Crippen LogP contribution in [-0.2, 0) is 30.4 Å². The molecule has 1 saturated heterocycles. The van der Waals surface area contributed by atoms with Crippen molar-refractivity contribution < 1.29 is 29.1 Å². The van der Waals surface area contributed by atoms with Crippen molar-refractivity contribution in [2.45, 2.75) is 137 Å². The molecule has 0 bridgehead atoms. The Bertz CT molecular complexity index is 1720. The van der Waals surface area contributed by atoms with Crippen molar-refractivity contribution in [1.29, 1.82) is 0 Å². The minimum atomic E-state index is -1.02. The Morgan fingerprint density at radius 3 is 2.26 bits per heavy atom. The van der Waals surface area contributed by atoms with Crippen LogP contribution in [0.4, 0.5) is 0 Å². The third-order valence-corrected chi connectivity index (χ3v) is 11.6. The second kappa shape index (κ2) is 19.4. The predicted octanol–water partition coefficient (Wildman–Crippen LogP) is 3.51. The zero-order chi connectivity index (χ0) is 42.2. The van der Waals surface area contributed by atoms with Crippen LogP contribution in [0.25, 0.3) is 0 Å². The quantitative estimate of drug-likeness (QED) is 0.188. The van der Waals surface area contributed by atoms with Crippen LogP contribution in [0.1, 0.15) is 105 Å². The van der Waals surface area contributed by atoms with Crippen LogP contribution in [0.3, 0.4) is 0 Å². The van der Waals surface area contributed by atoms with Crippen LogP contribution in [0.2, 0.25) is 0 Å². The first-order valence-electron chi connectivity index (χ1n) is 20.1. The molecule has 6 N–H and O–H groups in total. The third kappa shape index (κ3) is 12.1. The molecule has 0 aliphatic carbocycles. The molecule has 8 atom stereocenters. The average Bonchev–Trinajstić information content (AvgIpc) is 3.81. The van der Waals surface area contributed by atoms with E-state index in [-0.39, 0.29) is 48.9 Å². The maximum absolute atomic E-state index is 14.7. The lowest BCUT2D eigenvalue weighted by Gasteiger charge is -2.39. The summed E-state index contributed by atoms with van der Waals surface area (Å²) in [5.74, 6) is -2.18. The lowest BCUT2D eigenvalue weighted by molar-refractivity contribution is -0.140. The molecule has 4 rings (SSSR count). The Labute approximate surface area is 341 Å². The van der Waals surface area contributed by atoms with Crippen molar-refractivity contribution in [2.75, 3.05) is 13.1 Å². The van der Waals surface area contributed by atoms with E-state index >= 15 is 0 Å². The van der Waals surface area contributed by atoms with E-state index < -0.39 is 70.9 Å². The van der Waals surface area contributed by atoms with Gasteiger partial charge in [-0.2, -0.15) is 0 Å². The molecule has 0 spiro atoms. The number of carbonyl (C=O) groups excluding carboxylic acids is 5. The summed E-state index contributed by atoms with van der Waals surface area (Å²) in [6.07, 6.45) is 2.55. The maximum atomic E-state index is 14.7. The number of hydrogen-bond donors (Lipinski definition) is 6. The van der Waals surface area contributed by atoms with Crippen molar-refractivity contribution in [3.8, 4) is 0 Å². The Hall–Kier alpha value is -4.37. The second-order valence-electron chi connectivity index (χ2n) is 18.0. The lowest BCUT2D eigenvalue weighted by atomic mass is 9.82. The molecule has 1 unspecified atom stereocenters. The highest BCUT2D eigenvalue weighted by Crippen LogP contribution is 2.28. The fraction of sp³-hybridized carbons (Fsp3) is 0.643. The van der Waals surface area contributed by atoms with Gasteiger partial charge in [0.05, 0.1) is 18.2 Å². The van der Waals surface area contributed by atoms with Crippen LogP contribution in [0, 0.1) is 22.7 Å². The monoisotopic (exact) mass is 808 g/mol. The second-order valence-corrected chi connectivity index (χ2v) is 18.9. The molecule has 3 heterocycles. The van der Waals surface area contributed by atoms with Gasteiger partial charge in [-0.05, 0) is 41.1 Å². The van der Waals surface area contributed by atoms with Crippen LogP contribution in [0.5, 0.6) is 0 Å². The van der Waals surface area contributed by atoms with Gasteiger partial charge >= 0.3 is 0 Å². The molecular formula is C42H64N8O6S. The van der Waals surface area contributed by atoms with E-state index in [1.807, 2.05) is 105 Å². The molecule has 15 heteroatoms. The summed E-state index contributed by atoms with van der Waals surface area (Å²) >= 11 is 1.38. The number of hydrogen-bond acceptors (Lipinski definition) is 10. The normalized spacial score (nSPS) is 23.1. The van der Waals surface area contributed by atoms with Gasteiger partial charge in [-0.1, -0.05) is 99.6 Å². The molecule has 5 amide bonds. The van der Waals surface area contributed by atoms with E-state index in [2.05, 4.69) is 31.6 Å². The summed E-state index contributed by atoms with van der Waals surface area (Å²) in [7, 11) is 0. The van der Waals surface area contributed by atoms with Crippen LogP contribution >= 0.6 is 11.3 Å². The number of aliphatic imine (C=N–C) groups is 1. The highest BCUT2D eigenvalue weighted by molar-refractivity contribution is 7.09. The number of thiazole rings is 1. The van der Waals surface area contributed by atoms with Gasteiger partial charge < -0.3 is 36.6 Å². The summed E-state index contributed by atoms with van der Waals surface area (Å²) in [6.45, 7) is 19.0. The zero-order valence-electron chi connectivity index (χ0n) is 35.2. The molecule has 1 aromatic carbocycles. The minimum absolute atomic E-state index is 0.111. The van der Waals surface area contributed by atoms with Crippen molar-refractivity contribution in [3.63, 3.8) is 0 Å². The topological polar surface area (TPSA) is 194 Å². The Kier molecular flexibility index (Phi) is 15.4. The molecule has 0 saturated carbocycles. The van der Waals surface area contributed by atoms with E-state index in [1.165, 1.54) is 11.3 Å². The van der Waals surface area contributed by atoms with E-state index in [0.29, 0.717) is 24.4 Å². The average molecular weight is 809 g/mol. The number of amidine groups is 1. The first-order chi connectivity index (χ1) is 26.7. The molecule has 2 aliphatic heterocycles. The molecule has 57 heavy (non-hydrogen) atoms. The number of rotatable bonds is 12. The first-order valence-corrected chi connectivity index (χ1v) is 21.0. The van der Waals surface area contributed by atoms with E-state index in [9.17, 15) is 29.1 Å². The van der Waals surface area contributed by atoms with Crippen LogP contribution in [0.15, 0.2) is 46.9 Å². The van der Waals surface area contributed by atoms with Crippen LogP contribution in [-0.4, -0.2) is 99.8 Å². The Morgan fingerprint density at radius 2 is 1.68 bits per heavy atom. The van der Waals surface area contributed by atoms with Gasteiger partial charge in [-0.25, -0.2) is 4.98 Å². The van der Waals surface area contributed by atoms with E-state index in [0.717, 1.165) is 5.56 Å². The minimum Gasteiger partial charge on any atom is -0.393 e. The molecule has 0 radical (unpaired) electrons. The molecule has 2 aliphatic rings. The predicted molar refractivity (Wildman–Crippen MR) is 222 cm³/mol. The summed E-state index contributed by atoms with van der Waals surface area (Å²) in [5, 5.41) is 28.5. The van der Waals surface area contributed by atoms with Crippen molar-refractivity contribution in [3.05, 3.63) is 52.5 Å². The molecule has 2 aromatic rings. The lowest BCUT2D eigenvalue weighted by Crippen LogP contribution is -2.64. The van der Waals surface area contributed by atoms with E-state index in [1.54, 1.807) is 11.1 Å². The highest BCUT2D eigenvalue weighted by atomic mass is 32.1. The summed E-state index contributed by atoms with van der Waals surface area (Å²) in [6, 6.07) is 4.35. The smallest absolute Gasteiger partial charge is 0.244 e. The first kappa shape index (κ1) is 45.3. The standard InChI is InChI=1S/C42H64N8O6S/c1-11-27(51)22-29(40-43-18-20-57-40)46-36(53)28(21-26-15-13-12-14-16-26)45-39(56)34(42(8,9)10)48-35-33(41(5,6)7)49-37(54)31(24(2)3)47-38(55)32-25(4)17-19-50(32)30(52)23-44-35/h12-16,18,20,24-25,27-29,31-34,51H,11,17,19,21-23H2,1-10H3,(H,44,48)(H,45,56)(H,46,53)(H,47,55)(H,49,54)/t25-,27?,28+,29+,31+,32+,33-,34+/m1/s1. The third-order valence-electron chi connectivity index (χ3n) is 10.7. The molecule has 314 valence electrons. The number of benzene rings is 1. The SMILES string of the molecule is CCC(O)C[C@H](NC(=O)[C@H](Cc1ccccc1)NC(=O)[C@H](NC1=NCC(=O)N2CC[C@@H](C)[C@H]2C(=O)N[C@@H](C(C)C)C(=O)N[C@H]1C(C)(C)C)C(C)(C)C)c1nccs1. The largest absolute Gasteiger partial charge is 0.393 e. The number of amides is 5. The number of nitrogens with one attached hydrogen (secondary N) is 5. The van der Waals surface area contributed by atoms with Gasteiger partial charge in [0.2, 0.25) is 29.5 Å². The van der Waals surface area contributed by atoms with Gasteiger partial charge in [-0.3, -0.25) is 29.0 Å². The fourth-order valence-electron chi connectivity index (χ4n) is 7.27. The van der Waals surface area contributed by atoms with Crippen molar-refractivity contribution in [2.24, 2.45) is 27.7 Å². The highest BCUT2D eigenvalue weighted by Gasteiger charge is 2.44. The number of aliphatic hydroxyl groups is 1. The summed E-state index contributed by atoms with van der Waals surface area (Å²) in [5.41, 5.74) is -0.608. The van der Waals surface area contributed by atoms with Crippen molar-refractivity contribution >= 4 is 46.7 Å². The summed E-state index contributed by atoms with van der Waals surface area (Å²) < 4.78 is 0. The number of carbonyl (C=O) groups is 5. The number of fused-ring (bicyclic) bond motifs is 1. The number of aromatic nitrogens is 1. The number of nitrogens with zero attached hydrogens (tertiary/aromatic N) is 3.